The van der Waals surface area contributed by atoms with Crippen LogP contribution >= 0.6 is 24.4 Å². The van der Waals surface area contributed by atoms with Crippen molar-refractivity contribution >= 4 is 64.0 Å². The number of thiocarbonyl (C=S) groups is 2. The minimum Gasteiger partial charge on any atom is -0.481 e. The molecule has 6 atom stereocenters. The van der Waals surface area contributed by atoms with Crippen LogP contribution in [0.2, 0.25) is 0 Å². The van der Waals surface area contributed by atoms with E-state index in [4.69, 9.17) is 12.2 Å². The number of nitrogens with one attached hydrogen (secondary N) is 2. The fourth-order valence-corrected chi connectivity index (χ4v) is 7.85. The van der Waals surface area contributed by atoms with Gasteiger partial charge in [0.05, 0.1) is 40.4 Å². The number of benzene rings is 1. The molecule has 3 aromatic rings. The van der Waals surface area contributed by atoms with Crippen molar-refractivity contribution in [2.24, 2.45) is 15.8 Å². The summed E-state index contributed by atoms with van der Waals surface area (Å²) in [6, 6.07) is 13.4. The Morgan fingerprint density at radius 1 is 0.940 bits per heavy atom. The lowest BCUT2D eigenvalue weighted by molar-refractivity contribution is -0.250. The maximum atomic E-state index is 13.5. The van der Waals surface area contributed by atoms with E-state index < -0.39 is 66.1 Å². The van der Waals surface area contributed by atoms with E-state index in [9.17, 15) is 34.8 Å². The van der Waals surface area contributed by atoms with Gasteiger partial charge in [-0.05, 0) is 99.3 Å². The van der Waals surface area contributed by atoms with Crippen molar-refractivity contribution in [1.82, 2.24) is 25.1 Å². The van der Waals surface area contributed by atoms with E-state index >= 15 is 0 Å². The molecule has 2 fully saturated rings. The number of hydrogen-bond donors (Lipinski definition) is 6. The molecule has 3 unspecified atom stereocenters. The number of carboxylic acid groups (broad SMARTS) is 3. The third-order valence-electron chi connectivity index (χ3n) is 9.64. The van der Waals surface area contributed by atoms with Crippen LogP contribution in [0.5, 0.6) is 0 Å². The Bertz CT molecular complexity index is 1690. The van der Waals surface area contributed by atoms with Gasteiger partial charge in [-0.1, -0.05) is 12.1 Å². The number of pyridine rings is 2. The molecule has 2 bridgehead atoms. The van der Waals surface area contributed by atoms with Gasteiger partial charge < -0.3 is 31.1 Å². The number of rotatable bonds is 13. The first-order valence-electron chi connectivity index (χ1n) is 15.9. The van der Waals surface area contributed by atoms with Gasteiger partial charge in [0.1, 0.15) is 16.9 Å². The fraction of sp³-hybridized carbons (Fsp3) is 0.382. The number of aliphatic hydroxyl groups is 1. The monoisotopic (exact) mass is 719 g/mol. The molecule has 16 heteroatoms. The van der Waals surface area contributed by atoms with E-state index in [1.165, 1.54) is 17.3 Å². The van der Waals surface area contributed by atoms with Crippen molar-refractivity contribution in [2.75, 3.05) is 32.0 Å². The van der Waals surface area contributed by atoms with Crippen LogP contribution in [0, 0.1) is 10.8 Å². The molecule has 4 heterocycles. The van der Waals surface area contributed by atoms with Crippen LogP contribution in [0.1, 0.15) is 42.7 Å². The molecule has 2 aliphatic rings. The number of unbranched alkanes of at least 4 members (excludes halogenated alkanes) is 1. The zero-order valence-electron chi connectivity index (χ0n) is 27.0. The zero-order chi connectivity index (χ0) is 36.1. The highest BCUT2D eigenvalue weighted by Crippen LogP contribution is 2.62. The highest BCUT2D eigenvalue weighted by molar-refractivity contribution is 7.80. The molecule has 0 amide bonds. The molecule has 0 spiro atoms. The van der Waals surface area contributed by atoms with Gasteiger partial charge in [0.25, 0.3) is 0 Å². The summed E-state index contributed by atoms with van der Waals surface area (Å²) in [4.78, 5) is 55.6. The molecule has 1 aromatic carbocycles. The number of likely N-dealkylation sites (tertiary alicyclic amines) is 2. The maximum Gasteiger partial charge on any atom is 0.320 e. The number of piperidine rings is 2. The molecule has 2 saturated heterocycles. The molecule has 262 valence electrons. The van der Waals surface area contributed by atoms with Crippen molar-refractivity contribution in [3.8, 4) is 0 Å². The summed E-state index contributed by atoms with van der Waals surface area (Å²) in [5.74, 6) is -4.15. The molecule has 0 aliphatic carbocycles. The summed E-state index contributed by atoms with van der Waals surface area (Å²) in [5.41, 5.74) is -2.38. The van der Waals surface area contributed by atoms with Crippen LogP contribution in [0.3, 0.4) is 0 Å². The number of aliphatic imine (C=N–C) groups is 1. The zero-order valence-corrected chi connectivity index (χ0v) is 28.7. The van der Waals surface area contributed by atoms with E-state index in [2.05, 4.69) is 43.0 Å². The fourth-order valence-electron chi connectivity index (χ4n) is 7.53. The molecule has 14 nitrogen and oxygen atoms in total. The maximum absolute atomic E-state index is 13.5. The molecule has 6 N–H and O–H groups in total. The Morgan fingerprint density at radius 3 is 1.96 bits per heavy atom. The van der Waals surface area contributed by atoms with Crippen molar-refractivity contribution in [1.29, 1.82) is 0 Å². The van der Waals surface area contributed by atoms with E-state index in [0.717, 1.165) is 5.69 Å². The summed E-state index contributed by atoms with van der Waals surface area (Å²) < 4.78 is 0. The average molecular weight is 720 g/mol. The number of isothiocyanates is 1. The van der Waals surface area contributed by atoms with Crippen LogP contribution in [-0.2, 0) is 14.4 Å². The first-order valence-corrected chi connectivity index (χ1v) is 16.7. The number of nitrogens with zero attached hydrogens (tertiary/aromatic N) is 5. The Labute approximate surface area is 298 Å². The predicted molar refractivity (Wildman–Crippen MR) is 190 cm³/mol. The Balaban J connectivity index is 1.40. The van der Waals surface area contributed by atoms with Gasteiger partial charge in [-0.15, -0.1) is 0 Å². The Kier molecular flexibility index (Phi) is 11.3. The van der Waals surface area contributed by atoms with Gasteiger partial charge >= 0.3 is 17.9 Å². The van der Waals surface area contributed by atoms with E-state index in [1.807, 2.05) is 0 Å². The number of anilines is 1. The third kappa shape index (κ3) is 6.86. The average Bonchev–Trinajstić information content (AvgIpc) is 3.09. The van der Waals surface area contributed by atoms with E-state index in [-0.39, 0.29) is 6.42 Å². The lowest BCUT2D eigenvalue weighted by atomic mass is 9.53. The summed E-state index contributed by atoms with van der Waals surface area (Å²) in [6.45, 7) is -0.454. The Hall–Kier alpha value is -4.70. The second-order valence-electron chi connectivity index (χ2n) is 12.5. The molecule has 0 radical (unpaired) electrons. The second-order valence-corrected chi connectivity index (χ2v) is 13.0. The van der Waals surface area contributed by atoms with Gasteiger partial charge in [-0.2, -0.15) is 4.99 Å². The number of aliphatic carboxylic acids is 3. The largest absolute Gasteiger partial charge is 0.481 e. The van der Waals surface area contributed by atoms with Gasteiger partial charge in [-0.3, -0.25) is 34.2 Å². The molecule has 50 heavy (non-hydrogen) atoms. The van der Waals surface area contributed by atoms with Crippen LogP contribution < -0.4 is 10.6 Å². The number of carboxylic acids is 3. The molecule has 2 aliphatic heterocycles. The minimum atomic E-state index is -2.17. The topological polar surface area (TPSA) is 201 Å². The molecule has 2 aromatic heterocycles. The Morgan fingerprint density at radius 2 is 1.50 bits per heavy atom. The van der Waals surface area contributed by atoms with Crippen LogP contribution in [0.15, 0.2) is 78.0 Å². The molecular weight excluding hydrogens is 683 g/mol. The summed E-state index contributed by atoms with van der Waals surface area (Å²) in [6.07, 6.45) is 2.02. The van der Waals surface area contributed by atoms with E-state index in [1.54, 1.807) is 72.6 Å². The van der Waals surface area contributed by atoms with Crippen molar-refractivity contribution < 1.29 is 34.8 Å². The van der Waals surface area contributed by atoms with Gasteiger partial charge in [-0.25, -0.2) is 0 Å². The number of hydrogen-bond acceptors (Lipinski definition) is 11. The third-order valence-corrected chi connectivity index (χ3v) is 9.98. The van der Waals surface area contributed by atoms with Crippen LogP contribution in [0.25, 0.3) is 0 Å². The van der Waals surface area contributed by atoms with E-state index in [0.29, 0.717) is 41.6 Å². The molecule has 5 rings (SSSR count). The SMILES string of the molecule is CN1[C@@H](c2ccccn2)C2(C(=O)O)CN([C@@H](CCCCNC(=S)Nc3ccc(N=C=S)cc3)C(=O)O)CC(C(=O)O)(C2O)[C@H]1c1ccccn1. The first kappa shape index (κ1) is 36.6. The van der Waals surface area contributed by atoms with Crippen LogP contribution in [-0.4, -0.2) is 107 Å². The normalized spacial score (nSPS) is 25.4. The lowest BCUT2D eigenvalue weighted by Gasteiger charge is -2.64. The smallest absolute Gasteiger partial charge is 0.320 e. The van der Waals surface area contributed by atoms with Crippen molar-refractivity contribution in [3.63, 3.8) is 0 Å². The van der Waals surface area contributed by atoms with Gasteiger partial charge in [0.15, 0.2) is 5.11 Å². The number of aliphatic hydroxyl groups excluding tert-OH is 1. The second kappa shape index (κ2) is 15.5. The minimum absolute atomic E-state index is 0.0822. The number of fused-ring (bicyclic) bond motifs is 2. The highest BCUT2D eigenvalue weighted by atomic mass is 32.1. The standard InChI is InChI=1S/C34H37N7O7S2/c1-40-26(23-8-2-5-15-35-23)33(30(45)46)18-41(19-34(29(33)44,31(47)48)27(40)24-9-3-6-16-36-24)25(28(42)43)10-4-7-17-37-32(50)39-22-13-11-21(12-14-22)38-20-49/h2-3,5-6,8-9,11-16,25-27,29,44H,4,7,10,17-19H2,1H3,(H,42,43)(H,45,46)(H,47,48)(H2,37,39,50)/t25-,26-,27+,29?,33?,34?/m0/s1. The number of aromatic nitrogens is 2. The summed E-state index contributed by atoms with van der Waals surface area (Å²) in [5, 5.41) is 53.3. The first-order chi connectivity index (χ1) is 24.0. The van der Waals surface area contributed by atoms with Gasteiger partial charge in [0, 0.05) is 37.7 Å². The van der Waals surface area contributed by atoms with Crippen LogP contribution in [0.4, 0.5) is 11.4 Å². The quantitative estimate of drug-likeness (QED) is 0.0853. The summed E-state index contributed by atoms with van der Waals surface area (Å²) in [7, 11) is 1.60. The predicted octanol–water partition coefficient (Wildman–Crippen LogP) is 3.37. The van der Waals surface area contributed by atoms with Crippen molar-refractivity contribution in [3.05, 3.63) is 84.4 Å². The highest BCUT2D eigenvalue weighted by Gasteiger charge is 2.75. The van der Waals surface area contributed by atoms with Crippen molar-refractivity contribution in [2.45, 2.75) is 43.5 Å². The van der Waals surface area contributed by atoms with Gasteiger partial charge in [0.2, 0.25) is 0 Å². The lowest BCUT2D eigenvalue weighted by Crippen LogP contribution is -2.78. The molecule has 0 saturated carbocycles. The summed E-state index contributed by atoms with van der Waals surface area (Å²) >= 11 is 10.00. The molecular formula is C34H37N7O7S2. The number of carbonyl (C=O) groups is 3.